The molecule has 2 aliphatic rings. The SMILES string of the molecule is COc1ccc(NC(=O)CSc2ccc3c(c2)CCC3)cc1S(=O)(=O)N1CCOCC1. The summed E-state index contributed by atoms with van der Waals surface area (Å²) in [7, 11) is -2.32. The van der Waals surface area contributed by atoms with Gasteiger partial charge in [0.25, 0.3) is 0 Å². The number of amides is 1. The third-order valence-electron chi connectivity index (χ3n) is 5.48. The van der Waals surface area contributed by atoms with E-state index in [1.807, 2.05) is 0 Å². The van der Waals surface area contributed by atoms with Crippen LogP contribution in [0.3, 0.4) is 0 Å². The van der Waals surface area contributed by atoms with Crippen molar-refractivity contribution in [3.05, 3.63) is 47.5 Å². The predicted molar refractivity (Wildman–Crippen MR) is 120 cm³/mol. The number of nitrogens with one attached hydrogen (secondary N) is 1. The first-order valence-corrected chi connectivity index (χ1v) is 12.7. The Hall–Kier alpha value is -2.07. The van der Waals surface area contributed by atoms with E-state index < -0.39 is 10.0 Å². The Morgan fingerprint density at radius 1 is 1.13 bits per heavy atom. The number of carbonyl (C=O) groups excluding carboxylic acids is 1. The summed E-state index contributed by atoms with van der Waals surface area (Å²) in [4.78, 5) is 13.6. The zero-order valence-electron chi connectivity index (χ0n) is 17.4. The number of methoxy groups -OCH3 is 1. The second-order valence-electron chi connectivity index (χ2n) is 7.50. The third kappa shape index (κ3) is 5.06. The van der Waals surface area contributed by atoms with Crippen LogP contribution in [0.15, 0.2) is 46.2 Å². The van der Waals surface area contributed by atoms with Crippen molar-refractivity contribution in [3.8, 4) is 5.75 Å². The highest BCUT2D eigenvalue weighted by molar-refractivity contribution is 8.00. The molecule has 9 heteroatoms. The molecule has 0 aromatic heterocycles. The van der Waals surface area contributed by atoms with Crippen LogP contribution in [0.4, 0.5) is 5.69 Å². The number of anilines is 1. The van der Waals surface area contributed by atoms with Gasteiger partial charge in [0.05, 0.1) is 26.1 Å². The van der Waals surface area contributed by atoms with Gasteiger partial charge in [-0.1, -0.05) is 6.07 Å². The van der Waals surface area contributed by atoms with Gasteiger partial charge in [-0.05, 0) is 60.7 Å². The van der Waals surface area contributed by atoms with Crippen molar-refractivity contribution in [1.29, 1.82) is 0 Å². The fourth-order valence-electron chi connectivity index (χ4n) is 3.87. The van der Waals surface area contributed by atoms with Crippen LogP contribution in [0.2, 0.25) is 0 Å². The van der Waals surface area contributed by atoms with Crippen LogP contribution in [-0.4, -0.2) is 57.8 Å². The van der Waals surface area contributed by atoms with Gasteiger partial charge in [-0.15, -0.1) is 11.8 Å². The number of sulfonamides is 1. The quantitative estimate of drug-likeness (QED) is 0.637. The van der Waals surface area contributed by atoms with E-state index in [0.29, 0.717) is 32.0 Å². The minimum Gasteiger partial charge on any atom is -0.495 e. The van der Waals surface area contributed by atoms with Gasteiger partial charge in [-0.2, -0.15) is 4.31 Å². The predicted octanol–water partition coefficient (Wildman–Crippen LogP) is 2.94. The highest BCUT2D eigenvalue weighted by Gasteiger charge is 2.29. The van der Waals surface area contributed by atoms with Gasteiger partial charge in [0, 0.05) is 23.7 Å². The fourth-order valence-corrected chi connectivity index (χ4v) is 6.22. The average Bonchev–Trinajstić information content (AvgIpc) is 3.26. The molecule has 31 heavy (non-hydrogen) atoms. The second kappa shape index (κ2) is 9.60. The van der Waals surface area contributed by atoms with Gasteiger partial charge in [0.2, 0.25) is 15.9 Å². The Morgan fingerprint density at radius 2 is 1.90 bits per heavy atom. The zero-order valence-corrected chi connectivity index (χ0v) is 19.1. The highest BCUT2D eigenvalue weighted by Crippen LogP contribution is 2.31. The summed E-state index contributed by atoms with van der Waals surface area (Å²) < 4.78 is 38.1. The Balaban J connectivity index is 1.44. The molecule has 1 fully saturated rings. The molecule has 7 nitrogen and oxygen atoms in total. The summed E-state index contributed by atoms with van der Waals surface area (Å²) in [6.45, 7) is 1.30. The lowest BCUT2D eigenvalue weighted by Gasteiger charge is -2.26. The minimum atomic E-state index is -3.75. The van der Waals surface area contributed by atoms with Crippen LogP contribution < -0.4 is 10.1 Å². The number of carbonyl (C=O) groups is 1. The molecule has 0 radical (unpaired) electrons. The van der Waals surface area contributed by atoms with E-state index in [-0.39, 0.29) is 22.3 Å². The number of hydrogen-bond donors (Lipinski definition) is 1. The van der Waals surface area contributed by atoms with Crippen LogP contribution in [-0.2, 0) is 32.4 Å². The Morgan fingerprint density at radius 3 is 2.68 bits per heavy atom. The van der Waals surface area contributed by atoms with Gasteiger partial charge in [-0.3, -0.25) is 4.79 Å². The molecule has 2 aromatic rings. The smallest absolute Gasteiger partial charge is 0.246 e. The number of rotatable bonds is 7. The van der Waals surface area contributed by atoms with Crippen molar-refractivity contribution >= 4 is 33.4 Å². The first-order chi connectivity index (χ1) is 15.0. The van der Waals surface area contributed by atoms with Crippen molar-refractivity contribution < 1.29 is 22.7 Å². The normalized spacial score (nSPS) is 16.7. The lowest BCUT2D eigenvalue weighted by atomic mass is 10.1. The lowest BCUT2D eigenvalue weighted by molar-refractivity contribution is -0.113. The molecule has 4 rings (SSSR count). The highest BCUT2D eigenvalue weighted by atomic mass is 32.2. The summed E-state index contributed by atoms with van der Waals surface area (Å²) in [5.41, 5.74) is 3.20. The monoisotopic (exact) mass is 462 g/mol. The molecular weight excluding hydrogens is 436 g/mol. The topological polar surface area (TPSA) is 84.9 Å². The van der Waals surface area contributed by atoms with E-state index in [2.05, 4.69) is 23.5 Å². The number of benzene rings is 2. The first kappa shape index (κ1) is 22.1. The minimum absolute atomic E-state index is 0.0426. The molecule has 0 saturated carbocycles. The number of fused-ring (bicyclic) bond motifs is 1. The van der Waals surface area contributed by atoms with Gasteiger partial charge < -0.3 is 14.8 Å². The molecule has 1 aliphatic heterocycles. The molecule has 0 spiro atoms. The van der Waals surface area contributed by atoms with Crippen LogP contribution in [0.1, 0.15) is 17.5 Å². The van der Waals surface area contributed by atoms with Crippen LogP contribution in [0, 0.1) is 0 Å². The van der Waals surface area contributed by atoms with E-state index in [9.17, 15) is 13.2 Å². The number of nitrogens with zero attached hydrogens (tertiary/aromatic N) is 1. The Bertz CT molecular complexity index is 1070. The summed E-state index contributed by atoms with van der Waals surface area (Å²) >= 11 is 1.48. The van der Waals surface area contributed by atoms with Crippen molar-refractivity contribution in [2.75, 3.05) is 44.5 Å². The molecule has 166 valence electrons. The average molecular weight is 463 g/mol. The van der Waals surface area contributed by atoms with Gasteiger partial charge in [-0.25, -0.2) is 8.42 Å². The Labute approximate surface area is 187 Å². The molecular formula is C22H26N2O5S2. The molecule has 1 saturated heterocycles. The van der Waals surface area contributed by atoms with Gasteiger partial charge in [0.15, 0.2) is 0 Å². The molecule has 0 unspecified atom stereocenters. The van der Waals surface area contributed by atoms with E-state index in [4.69, 9.17) is 9.47 Å². The van der Waals surface area contributed by atoms with Crippen LogP contribution in [0.25, 0.3) is 0 Å². The summed E-state index contributed by atoms with van der Waals surface area (Å²) in [5.74, 6) is 0.304. The summed E-state index contributed by atoms with van der Waals surface area (Å²) in [6.07, 6.45) is 3.42. The fraction of sp³-hybridized carbons (Fsp3) is 0.409. The number of hydrogen-bond acceptors (Lipinski definition) is 6. The molecule has 1 N–H and O–H groups in total. The van der Waals surface area contributed by atoms with Gasteiger partial charge >= 0.3 is 0 Å². The van der Waals surface area contributed by atoms with Crippen molar-refractivity contribution in [2.24, 2.45) is 0 Å². The maximum absolute atomic E-state index is 13.1. The molecule has 0 atom stereocenters. The number of morpholine rings is 1. The number of ether oxygens (including phenoxy) is 2. The maximum atomic E-state index is 13.1. The molecule has 0 bridgehead atoms. The lowest BCUT2D eigenvalue weighted by Crippen LogP contribution is -2.40. The van der Waals surface area contributed by atoms with Crippen LogP contribution in [0.5, 0.6) is 5.75 Å². The third-order valence-corrected chi connectivity index (χ3v) is 8.39. The molecule has 2 aromatic carbocycles. The van der Waals surface area contributed by atoms with Crippen LogP contribution >= 0.6 is 11.8 Å². The standard InChI is InChI=1S/C22H26N2O5S2/c1-28-20-8-6-18(14-21(20)31(26,27)24-9-11-29-12-10-24)23-22(25)15-30-19-7-5-16-3-2-4-17(16)13-19/h5-8,13-14H,2-4,9-12,15H2,1H3,(H,23,25). The van der Waals surface area contributed by atoms with E-state index in [1.165, 1.54) is 46.8 Å². The zero-order chi connectivity index (χ0) is 21.8. The maximum Gasteiger partial charge on any atom is 0.246 e. The number of thioether (sulfide) groups is 1. The summed E-state index contributed by atoms with van der Waals surface area (Å²) in [6, 6.07) is 11.0. The second-order valence-corrected chi connectivity index (χ2v) is 10.5. The van der Waals surface area contributed by atoms with E-state index in [1.54, 1.807) is 12.1 Å². The van der Waals surface area contributed by atoms with E-state index >= 15 is 0 Å². The van der Waals surface area contributed by atoms with Crippen molar-refractivity contribution in [3.63, 3.8) is 0 Å². The largest absolute Gasteiger partial charge is 0.495 e. The van der Waals surface area contributed by atoms with E-state index in [0.717, 1.165) is 17.7 Å². The Kier molecular flexibility index (Phi) is 6.86. The molecule has 1 amide bonds. The number of aryl methyl sites for hydroxylation is 2. The van der Waals surface area contributed by atoms with Crippen molar-refractivity contribution in [2.45, 2.75) is 29.1 Å². The molecule has 1 aliphatic carbocycles. The molecule has 1 heterocycles. The van der Waals surface area contributed by atoms with Crippen molar-refractivity contribution in [1.82, 2.24) is 4.31 Å². The van der Waals surface area contributed by atoms with Gasteiger partial charge in [0.1, 0.15) is 10.6 Å². The first-order valence-electron chi connectivity index (χ1n) is 10.3. The summed E-state index contributed by atoms with van der Waals surface area (Å²) in [5, 5.41) is 2.81.